The van der Waals surface area contributed by atoms with Crippen molar-refractivity contribution in [1.29, 1.82) is 0 Å². The van der Waals surface area contributed by atoms with Gasteiger partial charge in [-0.3, -0.25) is 0 Å². The second-order valence-electron chi connectivity index (χ2n) is 4.92. The number of halogens is 1. The summed E-state index contributed by atoms with van der Waals surface area (Å²) in [6.45, 7) is 2.14. The fourth-order valence-corrected chi connectivity index (χ4v) is 2.48. The summed E-state index contributed by atoms with van der Waals surface area (Å²) in [5.74, 6) is 0. The SMILES string of the molecule is CNC(CCc1cccc(C)c1)c1ccc(Cl)cc1. The van der Waals surface area contributed by atoms with Gasteiger partial charge in [-0.25, -0.2) is 0 Å². The molecular weight excluding hydrogens is 254 g/mol. The Kier molecular flexibility index (Phi) is 5.00. The van der Waals surface area contributed by atoms with E-state index in [4.69, 9.17) is 11.6 Å². The van der Waals surface area contributed by atoms with Gasteiger partial charge in [0.25, 0.3) is 0 Å². The highest BCUT2D eigenvalue weighted by Crippen LogP contribution is 2.21. The summed E-state index contributed by atoms with van der Waals surface area (Å²) in [5, 5.41) is 4.17. The average molecular weight is 274 g/mol. The highest BCUT2D eigenvalue weighted by Gasteiger charge is 2.09. The summed E-state index contributed by atoms with van der Waals surface area (Å²) in [6.07, 6.45) is 2.16. The Morgan fingerprint density at radius 2 is 1.84 bits per heavy atom. The molecule has 2 rings (SSSR count). The fraction of sp³-hybridized carbons (Fsp3) is 0.294. The smallest absolute Gasteiger partial charge is 0.0406 e. The van der Waals surface area contributed by atoms with Crippen molar-refractivity contribution in [3.05, 3.63) is 70.2 Å². The van der Waals surface area contributed by atoms with Crippen LogP contribution in [-0.2, 0) is 6.42 Å². The standard InChI is InChI=1S/C17H20ClN/c1-13-4-3-5-14(12-13)6-11-17(19-2)15-7-9-16(18)10-8-15/h3-5,7-10,12,17,19H,6,11H2,1-2H3. The van der Waals surface area contributed by atoms with Crippen molar-refractivity contribution in [3.8, 4) is 0 Å². The van der Waals surface area contributed by atoms with Crippen LogP contribution in [0.5, 0.6) is 0 Å². The minimum absolute atomic E-state index is 0.373. The molecule has 0 spiro atoms. The van der Waals surface area contributed by atoms with Crippen molar-refractivity contribution >= 4 is 11.6 Å². The number of nitrogens with one attached hydrogen (secondary N) is 1. The second-order valence-corrected chi connectivity index (χ2v) is 5.36. The third kappa shape index (κ3) is 4.09. The van der Waals surface area contributed by atoms with Crippen molar-refractivity contribution in [2.75, 3.05) is 7.05 Å². The Hall–Kier alpha value is -1.31. The van der Waals surface area contributed by atoms with Crippen LogP contribution in [-0.4, -0.2) is 7.05 Å². The lowest BCUT2D eigenvalue weighted by atomic mass is 9.98. The van der Waals surface area contributed by atoms with Crippen LogP contribution in [0.3, 0.4) is 0 Å². The van der Waals surface area contributed by atoms with Gasteiger partial charge in [-0.05, 0) is 50.1 Å². The minimum Gasteiger partial charge on any atom is -0.313 e. The normalized spacial score (nSPS) is 12.4. The van der Waals surface area contributed by atoms with Gasteiger partial charge in [0.1, 0.15) is 0 Å². The summed E-state index contributed by atoms with van der Waals surface area (Å²) in [5.41, 5.74) is 4.01. The Bertz CT molecular complexity index is 519. The molecule has 0 aliphatic heterocycles. The number of hydrogen-bond acceptors (Lipinski definition) is 1. The molecule has 0 aliphatic carbocycles. The van der Waals surface area contributed by atoms with Crippen LogP contribution in [0.25, 0.3) is 0 Å². The van der Waals surface area contributed by atoms with Gasteiger partial charge in [-0.2, -0.15) is 0 Å². The molecular formula is C17H20ClN. The molecule has 0 saturated heterocycles. The zero-order valence-electron chi connectivity index (χ0n) is 11.5. The molecule has 0 bridgehead atoms. The minimum atomic E-state index is 0.373. The van der Waals surface area contributed by atoms with Crippen LogP contribution in [0.4, 0.5) is 0 Å². The van der Waals surface area contributed by atoms with E-state index in [0.717, 1.165) is 17.9 Å². The first-order valence-corrected chi connectivity index (χ1v) is 7.05. The molecule has 2 aromatic rings. The summed E-state index contributed by atoms with van der Waals surface area (Å²) >= 11 is 5.93. The van der Waals surface area contributed by atoms with Gasteiger partial charge in [0, 0.05) is 11.1 Å². The van der Waals surface area contributed by atoms with Crippen molar-refractivity contribution < 1.29 is 0 Å². The molecule has 1 N–H and O–H groups in total. The van der Waals surface area contributed by atoms with Crippen LogP contribution in [0.15, 0.2) is 48.5 Å². The summed E-state index contributed by atoms with van der Waals surface area (Å²) in [6, 6.07) is 17.2. The molecule has 0 aliphatic rings. The lowest BCUT2D eigenvalue weighted by Gasteiger charge is -2.17. The van der Waals surface area contributed by atoms with E-state index >= 15 is 0 Å². The third-order valence-corrected chi connectivity index (χ3v) is 3.68. The predicted octanol–water partition coefficient (Wildman–Crippen LogP) is 4.54. The van der Waals surface area contributed by atoms with Gasteiger partial charge in [0.05, 0.1) is 0 Å². The molecule has 2 heteroatoms. The molecule has 1 atom stereocenters. The summed E-state index contributed by atoms with van der Waals surface area (Å²) in [4.78, 5) is 0. The van der Waals surface area contributed by atoms with Crippen molar-refractivity contribution in [1.82, 2.24) is 5.32 Å². The number of benzene rings is 2. The Morgan fingerprint density at radius 3 is 2.47 bits per heavy atom. The van der Waals surface area contributed by atoms with E-state index in [2.05, 4.69) is 48.6 Å². The topological polar surface area (TPSA) is 12.0 Å². The van der Waals surface area contributed by atoms with Gasteiger partial charge < -0.3 is 5.32 Å². The van der Waals surface area contributed by atoms with E-state index in [1.165, 1.54) is 16.7 Å². The first-order valence-electron chi connectivity index (χ1n) is 6.67. The number of hydrogen-bond donors (Lipinski definition) is 1. The van der Waals surface area contributed by atoms with E-state index in [0.29, 0.717) is 6.04 Å². The maximum atomic E-state index is 5.93. The second kappa shape index (κ2) is 6.74. The van der Waals surface area contributed by atoms with Crippen molar-refractivity contribution in [2.45, 2.75) is 25.8 Å². The maximum absolute atomic E-state index is 5.93. The van der Waals surface area contributed by atoms with E-state index in [-0.39, 0.29) is 0 Å². The van der Waals surface area contributed by atoms with Crippen LogP contribution in [0.2, 0.25) is 5.02 Å². The molecule has 0 heterocycles. The summed E-state index contributed by atoms with van der Waals surface area (Å²) < 4.78 is 0. The lowest BCUT2D eigenvalue weighted by molar-refractivity contribution is 0.549. The molecule has 0 saturated carbocycles. The Balaban J connectivity index is 2.01. The molecule has 0 fully saturated rings. The fourth-order valence-electron chi connectivity index (χ4n) is 2.35. The number of rotatable bonds is 5. The largest absolute Gasteiger partial charge is 0.313 e. The number of aryl methyl sites for hydroxylation is 2. The molecule has 100 valence electrons. The van der Waals surface area contributed by atoms with Crippen LogP contribution >= 0.6 is 11.6 Å². The highest BCUT2D eigenvalue weighted by atomic mass is 35.5. The zero-order valence-corrected chi connectivity index (χ0v) is 12.2. The third-order valence-electron chi connectivity index (χ3n) is 3.43. The lowest BCUT2D eigenvalue weighted by Crippen LogP contribution is -2.17. The average Bonchev–Trinajstić information content (AvgIpc) is 2.41. The zero-order chi connectivity index (χ0) is 13.7. The van der Waals surface area contributed by atoms with Gasteiger partial charge in [0.2, 0.25) is 0 Å². The van der Waals surface area contributed by atoms with Gasteiger partial charge in [-0.15, -0.1) is 0 Å². The maximum Gasteiger partial charge on any atom is 0.0406 e. The highest BCUT2D eigenvalue weighted by molar-refractivity contribution is 6.30. The first kappa shape index (κ1) is 14.1. The Morgan fingerprint density at radius 1 is 1.11 bits per heavy atom. The molecule has 1 nitrogen and oxygen atoms in total. The predicted molar refractivity (Wildman–Crippen MR) is 82.8 cm³/mol. The van der Waals surface area contributed by atoms with Crippen LogP contribution in [0.1, 0.15) is 29.2 Å². The molecule has 0 aromatic heterocycles. The molecule has 0 amide bonds. The first-order chi connectivity index (χ1) is 9.19. The molecule has 19 heavy (non-hydrogen) atoms. The van der Waals surface area contributed by atoms with E-state index in [9.17, 15) is 0 Å². The van der Waals surface area contributed by atoms with Crippen molar-refractivity contribution in [3.63, 3.8) is 0 Å². The van der Waals surface area contributed by atoms with Crippen molar-refractivity contribution in [2.24, 2.45) is 0 Å². The monoisotopic (exact) mass is 273 g/mol. The molecule has 0 radical (unpaired) electrons. The van der Waals surface area contributed by atoms with E-state index in [1.54, 1.807) is 0 Å². The van der Waals surface area contributed by atoms with Gasteiger partial charge in [-0.1, -0.05) is 53.6 Å². The van der Waals surface area contributed by atoms with E-state index in [1.807, 2.05) is 19.2 Å². The molecule has 1 unspecified atom stereocenters. The Labute approximate surface area is 120 Å². The van der Waals surface area contributed by atoms with Gasteiger partial charge >= 0.3 is 0 Å². The molecule has 2 aromatic carbocycles. The quantitative estimate of drug-likeness (QED) is 0.843. The van der Waals surface area contributed by atoms with Crippen LogP contribution < -0.4 is 5.32 Å². The summed E-state index contributed by atoms with van der Waals surface area (Å²) in [7, 11) is 2.01. The van der Waals surface area contributed by atoms with Gasteiger partial charge in [0.15, 0.2) is 0 Å². The van der Waals surface area contributed by atoms with Crippen LogP contribution in [0, 0.1) is 6.92 Å². The van der Waals surface area contributed by atoms with E-state index < -0.39 is 0 Å².